The Kier molecular flexibility index (Phi) is 6.82. The lowest BCUT2D eigenvalue weighted by Crippen LogP contribution is -2.29. The van der Waals surface area contributed by atoms with Crippen LogP contribution in [0.2, 0.25) is 0 Å². The van der Waals surface area contributed by atoms with Crippen molar-refractivity contribution in [1.29, 1.82) is 0 Å². The first-order chi connectivity index (χ1) is 16.0. The molecule has 10 nitrogen and oxygen atoms in total. The number of anilines is 2. The second kappa shape index (κ2) is 10.1. The number of hydrogen-bond acceptors (Lipinski definition) is 9. The molecule has 1 aliphatic carbocycles. The Balaban J connectivity index is 1.61. The summed E-state index contributed by atoms with van der Waals surface area (Å²) in [7, 11) is 0. The normalized spacial score (nSPS) is 12.9. The zero-order valence-corrected chi connectivity index (χ0v) is 18.3. The van der Waals surface area contributed by atoms with E-state index in [-0.39, 0.29) is 55.5 Å². The summed E-state index contributed by atoms with van der Waals surface area (Å²) in [6.07, 6.45) is 4.39. The van der Waals surface area contributed by atoms with Crippen LogP contribution in [-0.2, 0) is 28.9 Å². The van der Waals surface area contributed by atoms with Gasteiger partial charge in [-0.25, -0.2) is 9.97 Å². The van der Waals surface area contributed by atoms with Gasteiger partial charge in [-0.15, -0.1) is 0 Å². The minimum atomic E-state index is -0.487. The van der Waals surface area contributed by atoms with Gasteiger partial charge in [0, 0.05) is 12.6 Å². The molecule has 0 spiro atoms. The van der Waals surface area contributed by atoms with E-state index in [1.54, 1.807) is 24.0 Å². The van der Waals surface area contributed by atoms with E-state index in [2.05, 4.69) is 27.4 Å². The minimum Gasteiger partial charge on any atom is -0.467 e. The number of ether oxygens (including phenoxy) is 1. The molecule has 0 atom stereocenters. The topological polar surface area (TPSA) is 124 Å². The summed E-state index contributed by atoms with van der Waals surface area (Å²) in [5.41, 5.74) is 2.21. The van der Waals surface area contributed by atoms with Crippen molar-refractivity contribution >= 4 is 23.3 Å². The first-order valence-electron chi connectivity index (χ1n) is 10.8. The van der Waals surface area contributed by atoms with Gasteiger partial charge in [0.15, 0.2) is 0 Å². The summed E-state index contributed by atoms with van der Waals surface area (Å²) in [4.78, 5) is 33.6. The van der Waals surface area contributed by atoms with Crippen LogP contribution < -0.4 is 10.2 Å². The van der Waals surface area contributed by atoms with Gasteiger partial charge in [0.2, 0.25) is 11.6 Å². The number of fused-ring (bicyclic) bond motifs is 1. The molecule has 10 heteroatoms. The van der Waals surface area contributed by atoms with Gasteiger partial charge in [0.05, 0.1) is 30.8 Å². The standard InChI is InChI=1S/C23H25N5O5/c1-2-32-20(29)9-10-27(14-19-8-5-11-33-19)23-21(28(30)31)22(24-15-25-23)26-18-12-16-6-3-4-7-17(16)13-18/h3-8,11,15,18H,2,9-10,12-14H2,1H3,(H,24,25,26). The summed E-state index contributed by atoms with van der Waals surface area (Å²) < 4.78 is 10.4. The molecule has 2 heterocycles. The molecule has 1 aliphatic rings. The molecule has 4 rings (SSSR count). The lowest BCUT2D eigenvalue weighted by molar-refractivity contribution is -0.383. The van der Waals surface area contributed by atoms with Gasteiger partial charge in [-0.1, -0.05) is 24.3 Å². The molecule has 0 radical (unpaired) electrons. The highest BCUT2D eigenvalue weighted by Gasteiger charge is 2.30. The third-order valence-electron chi connectivity index (χ3n) is 5.49. The Morgan fingerprint density at radius 2 is 2.00 bits per heavy atom. The molecular weight excluding hydrogens is 426 g/mol. The zero-order valence-electron chi connectivity index (χ0n) is 18.3. The number of furan rings is 1. The number of aromatic nitrogens is 2. The number of nitro groups is 1. The Hall–Kier alpha value is -3.95. The molecule has 0 amide bonds. The molecule has 2 aromatic heterocycles. The van der Waals surface area contributed by atoms with E-state index in [0.29, 0.717) is 5.76 Å². The van der Waals surface area contributed by atoms with Crippen molar-refractivity contribution in [2.75, 3.05) is 23.4 Å². The summed E-state index contributed by atoms with van der Waals surface area (Å²) in [6.45, 7) is 2.37. The summed E-state index contributed by atoms with van der Waals surface area (Å²) in [5, 5.41) is 15.4. The second-order valence-corrected chi connectivity index (χ2v) is 7.73. The number of benzene rings is 1. The lowest BCUT2D eigenvalue weighted by Gasteiger charge is -2.23. The van der Waals surface area contributed by atoms with E-state index < -0.39 is 4.92 Å². The third kappa shape index (κ3) is 5.28. The number of esters is 1. The van der Waals surface area contributed by atoms with Crippen LogP contribution >= 0.6 is 0 Å². The molecule has 33 heavy (non-hydrogen) atoms. The predicted molar refractivity (Wildman–Crippen MR) is 121 cm³/mol. The van der Waals surface area contributed by atoms with Crippen LogP contribution in [0.25, 0.3) is 0 Å². The Bertz CT molecular complexity index is 1090. The van der Waals surface area contributed by atoms with Gasteiger partial charge in [0.1, 0.15) is 12.1 Å². The molecule has 0 saturated carbocycles. The van der Waals surface area contributed by atoms with Crippen LogP contribution in [0.3, 0.4) is 0 Å². The molecular formula is C23H25N5O5. The van der Waals surface area contributed by atoms with Crippen LogP contribution in [-0.4, -0.2) is 40.1 Å². The van der Waals surface area contributed by atoms with Crippen molar-refractivity contribution in [2.45, 2.75) is 38.8 Å². The SMILES string of the molecule is CCOC(=O)CCN(Cc1ccco1)c1ncnc(NC2Cc3ccccc3C2)c1[N+](=O)[O-]. The molecule has 0 aliphatic heterocycles. The monoisotopic (exact) mass is 451 g/mol. The molecule has 0 saturated heterocycles. The average Bonchev–Trinajstić information content (AvgIpc) is 3.45. The molecule has 172 valence electrons. The maximum Gasteiger partial charge on any atom is 0.353 e. The number of hydrogen-bond donors (Lipinski definition) is 1. The number of rotatable bonds is 10. The van der Waals surface area contributed by atoms with E-state index in [4.69, 9.17) is 9.15 Å². The fourth-order valence-corrected chi connectivity index (χ4v) is 4.04. The van der Waals surface area contributed by atoms with Crippen LogP contribution in [0.1, 0.15) is 30.2 Å². The minimum absolute atomic E-state index is 0.0121. The molecule has 1 aromatic carbocycles. The van der Waals surface area contributed by atoms with E-state index in [0.717, 1.165) is 12.8 Å². The van der Waals surface area contributed by atoms with Crippen LogP contribution in [0.15, 0.2) is 53.4 Å². The van der Waals surface area contributed by atoms with Gasteiger partial charge < -0.3 is 19.4 Å². The van der Waals surface area contributed by atoms with Gasteiger partial charge in [-0.3, -0.25) is 14.9 Å². The first-order valence-corrected chi connectivity index (χ1v) is 10.8. The predicted octanol–water partition coefficient (Wildman–Crippen LogP) is 3.52. The smallest absolute Gasteiger partial charge is 0.353 e. The van der Waals surface area contributed by atoms with E-state index >= 15 is 0 Å². The molecule has 0 bridgehead atoms. The summed E-state index contributed by atoms with van der Waals surface area (Å²) >= 11 is 0. The Morgan fingerprint density at radius 1 is 1.24 bits per heavy atom. The fraction of sp³-hybridized carbons (Fsp3) is 0.348. The van der Waals surface area contributed by atoms with Crippen LogP contribution in [0, 0.1) is 10.1 Å². The number of carbonyl (C=O) groups is 1. The second-order valence-electron chi connectivity index (χ2n) is 7.73. The van der Waals surface area contributed by atoms with Crippen molar-refractivity contribution in [1.82, 2.24) is 9.97 Å². The number of nitrogens with one attached hydrogen (secondary N) is 1. The van der Waals surface area contributed by atoms with Crippen molar-refractivity contribution < 1.29 is 18.9 Å². The highest BCUT2D eigenvalue weighted by Crippen LogP contribution is 2.34. The molecule has 3 aromatic rings. The van der Waals surface area contributed by atoms with Gasteiger partial charge in [-0.2, -0.15) is 0 Å². The van der Waals surface area contributed by atoms with Gasteiger partial charge in [-0.05, 0) is 43.0 Å². The Labute approximate surface area is 190 Å². The Morgan fingerprint density at radius 3 is 2.64 bits per heavy atom. The largest absolute Gasteiger partial charge is 0.467 e. The van der Waals surface area contributed by atoms with Crippen molar-refractivity contribution in [2.24, 2.45) is 0 Å². The van der Waals surface area contributed by atoms with Gasteiger partial charge >= 0.3 is 11.7 Å². The van der Waals surface area contributed by atoms with E-state index in [1.807, 2.05) is 12.1 Å². The molecule has 0 unspecified atom stereocenters. The van der Waals surface area contributed by atoms with E-state index in [1.165, 1.54) is 23.7 Å². The maximum atomic E-state index is 12.1. The van der Waals surface area contributed by atoms with Crippen molar-refractivity contribution in [3.63, 3.8) is 0 Å². The number of nitrogens with zero attached hydrogens (tertiary/aromatic N) is 4. The van der Waals surface area contributed by atoms with Crippen LogP contribution in [0.5, 0.6) is 0 Å². The summed E-state index contributed by atoms with van der Waals surface area (Å²) in [5.74, 6) is 0.477. The van der Waals surface area contributed by atoms with E-state index in [9.17, 15) is 14.9 Å². The lowest BCUT2D eigenvalue weighted by atomic mass is 10.1. The van der Waals surface area contributed by atoms with Crippen LogP contribution in [0.4, 0.5) is 17.3 Å². The maximum absolute atomic E-state index is 12.1. The van der Waals surface area contributed by atoms with Crippen molar-refractivity contribution in [3.05, 3.63) is 76.0 Å². The molecule has 1 N–H and O–H groups in total. The highest BCUT2D eigenvalue weighted by molar-refractivity contribution is 5.73. The van der Waals surface area contributed by atoms with Crippen molar-refractivity contribution in [3.8, 4) is 0 Å². The number of carbonyl (C=O) groups excluding carboxylic acids is 1. The van der Waals surface area contributed by atoms with Gasteiger partial charge in [0.25, 0.3) is 0 Å². The quantitative estimate of drug-likeness (QED) is 0.280. The summed E-state index contributed by atoms with van der Waals surface area (Å²) in [6, 6.07) is 11.6. The zero-order chi connectivity index (χ0) is 23.2. The fourth-order valence-electron chi connectivity index (χ4n) is 4.04. The third-order valence-corrected chi connectivity index (χ3v) is 5.49. The first kappa shape index (κ1) is 22.3. The molecule has 0 fully saturated rings. The highest BCUT2D eigenvalue weighted by atomic mass is 16.6. The average molecular weight is 451 g/mol.